The lowest BCUT2D eigenvalue weighted by molar-refractivity contribution is -0.383. The van der Waals surface area contributed by atoms with E-state index in [0.29, 0.717) is 37.1 Å². The van der Waals surface area contributed by atoms with E-state index in [-0.39, 0.29) is 29.2 Å². The van der Waals surface area contributed by atoms with E-state index in [1.54, 1.807) is 12.3 Å². The van der Waals surface area contributed by atoms with Crippen molar-refractivity contribution in [3.05, 3.63) is 53.0 Å². The van der Waals surface area contributed by atoms with Crippen LogP contribution in [0, 0.1) is 16.0 Å². The van der Waals surface area contributed by atoms with Crippen molar-refractivity contribution in [2.45, 2.75) is 12.8 Å². The molecule has 1 fully saturated rings. The van der Waals surface area contributed by atoms with Crippen molar-refractivity contribution in [1.29, 1.82) is 0 Å². The third kappa shape index (κ3) is 3.71. The van der Waals surface area contributed by atoms with Crippen molar-refractivity contribution in [2.24, 2.45) is 5.92 Å². The number of carbonyl (C=O) groups excluding carboxylic acids is 1. The first kappa shape index (κ1) is 19.5. The second-order valence-electron chi connectivity index (χ2n) is 6.94. The van der Waals surface area contributed by atoms with Crippen LogP contribution in [-0.2, 0) is 9.53 Å². The number of anilines is 3. The number of ether oxygens (including phenoxy) is 1. The minimum Gasteiger partial charge on any atom is -0.469 e. The lowest BCUT2D eigenvalue weighted by Gasteiger charge is -2.31. The van der Waals surface area contributed by atoms with Gasteiger partial charge in [0.05, 0.1) is 29.2 Å². The first-order valence-corrected chi connectivity index (χ1v) is 9.51. The van der Waals surface area contributed by atoms with Crippen LogP contribution in [0.15, 0.2) is 42.9 Å². The molecule has 0 radical (unpaired) electrons. The Balaban J connectivity index is 1.66. The fourth-order valence-electron chi connectivity index (χ4n) is 3.69. The molecular formula is C20H20N6O4. The number of hydrogen-bond acceptors (Lipinski definition) is 9. The minimum atomic E-state index is -0.484. The fraction of sp³-hybridized carbons (Fsp3) is 0.300. The number of aromatic nitrogens is 3. The molecule has 30 heavy (non-hydrogen) atoms. The molecule has 0 amide bonds. The Labute approximate surface area is 172 Å². The zero-order valence-corrected chi connectivity index (χ0v) is 16.3. The Bertz CT molecular complexity index is 1090. The normalized spacial score (nSPS) is 14.5. The number of methoxy groups -OCH3 is 1. The minimum absolute atomic E-state index is 0.0956. The van der Waals surface area contributed by atoms with E-state index < -0.39 is 4.92 Å². The van der Waals surface area contributed by atoms with Crippen molar-refractivity contribution in [3.63, 3.8) is 0 Å². The second-order valence-corrected chi connectivity index (χ2v) is 6.94. The number of benzene rings is 1. The molecule has 10 heteroatoms. The number of nitrogens with zero attached hydrogens (tertiary/aromatic N) is 5. The van der Waals surface area contributed by atoms with Gasteiger partial charge in [0.25, 0.3) is 0 Å². The van der Waals surface area contributed by atoms with Crippen molar-refractivity contribution < 1.29 is 14.5 Å². The Hall–Kier alpha value is -3.82. The van der Waals surface area contributed by atoms with E-state index in [2.05, 4.69) is 20.3 Å². The fourth-order valence-corrected chi connectivity index (χ4v) is 3.69. The van der Waals surface area contributed by atoms with E-state index >= 15 is 0 Å². The monoisotopic (exact) mass is 408 g/mol. The zero-order valence-electron chi connectivity index (χ0n) is 16.3. The highest BCUT2D eigenvalue weighted by Gasteiger charge is 2.32. The van der Waals surface area contributed by atoms with Crippen molar-refractivity contribution in [2.75, 3.05) is 30.4 Å². The van der Waals surface area contributed by atoms with E-state index in [9.17, 15) is 14.9 Å². The highest BCUT2D eigenvalue weighted by atomic mass is 16.6. The molecule has 10 nitrogen and oxygen atoms in total. The van der Waals surface area contributed by atoms with Crippen LogP contribution in [0.4, 0.5) is 23.0 Å². The van der Waals surface area contributed by atoms with Gasteiger partial charge >= 0.3 is 11.7 Å². The largest absolute Gasteiger partial charge is 0.469 e. The molecule has 4 rings (SSSR count). The van der Waals surface area contributed by atoms with Crippen LogP contribution in [0.2, 0.25) is 0 Å². The summed E-state index contributed by atoms with van der Waals surface area (Å²) in [5.41, 5.74) is 1.10. The highest BCUT2D eigenvalue weighted by molar-refractivity contribution is 5.92. The van der Waals surface area contributed by atoms with Crippen molar-refractivity contribution >= 4 is 39.9 Å². The van der Waals surface area contributed by atoms with Gasteiger partial charge in [-0.3, -0.25) is 19.9 Å². The van der Waals surface area contributed by atoms with Gasteiger partial charge in [0.2, 0.25) is 11.6 Å². The number of pyridine rings is 1. The SMILES string of the molecule is COC(=O)C1CCN(c2ncnc(Nc3cccc4cccnc34)c2[N+](=O)[O-])CC1. The van der Waals surface area contributed by atoms with Crippen LogP contribution < -0.4 is 10.2 Å². The smallest absolute Gasteiger partial charge is 0.353 e. The van der Waals surface area contributed by atoms with Gasteiger partial charge in [0, 0.05) is 24.7 Å². The Morgan fingerprint density at radius 3 is 2.70 bits per heavy atom. The number of piperidine rings is 1. The second kappa shape index (κ2) is 8.27. The summed E-state index contributed by atoms with van der Waals surface area (Å²) in [5, 5.41) is 15.9. The molecule has 1 aliphatic heterocycles. The summed E-state index contributed by atoms with van der Waals surface area (Å²) in [5.74, 6) is -0.128. The van der Waals surface area contributed by atoms with Gasteiger partial charge in [-0.05, 0) is 25.0 Å². The lowest BCUT2D eigenvalue weighted by atomic mass is 9.97. The van der Waals surface area contributed by atoms with Crippen LogP contribution in [0.25, 0.3) is 10.9 Å². The summed E-state index contributed by atoms with van der Waals surface area (Å²) in [4.78, 5) is 37.7. The molecule has 0 atom stereocenters. The van der Waals surface area contributed by atoms with Crippen LogP contribution in [0.5, 0.6) is 0 Å². The summed E-state index contributed by atoms with van der Waals surface area (Å²) in [6.07, 6.45) is 4.06. The van der Waals surface area contributed by atoms with Crippen molar-refractivity contribution in [1.82, 2.24) is 15.0 Å². The predicted molar refractivity (Wildman–Crippen MR) is 111 cm³/mol. The number of hydrogen-bond donors (Lipinski definition) is 1. The predicted octanol–water partition coefficient (Wildman–Crippen LogP) is 3.07. The van der Waals surface area contributed by atoms with Gasteiger partial charge in [-0.25, -0.2) is 9.97 Å². The first-order valence-electron chi connectivity index (χ1n) is 9.51. The van der Waals surface area contributed by atoms with E-state index in [1.807, 2.05) is 29.2 Å². The molecule has 154 valence electrons. The molecule has 1 aliphatic rings. The third-order valence-corrected chi connectivity index (χ3v) is 5.20. The highest BCUT2D eigenvalue weighted by Crippen LogP contribution is 2.36. The van der Waals surface area contributed by atoms with E-state index in [4.69, 9.17) is 4.74 Å². The average Bonchev–Trinajstić information content (AvgIpc) is 2.78. The molecular weight excluding hydrogens is 388 g/mol. The number of nitro groups is 1. The number of nitrogens with one attached hydrogen (secondary N) is 1. The van der Waals surface area contributed by atoms with Crippen molar-refractivity contribution in [3.8, 4) is 0 Å². The van der Waals surface area contributed by atoms with Gasteiger partial charge in [0.15, 0.2) is 0 Å². The first-order chi connectivity index (χ1) is 14.6. The topological polar surface area (TPSA) is 123 Å². The summed E-state index contributed by atoms with van der Waals surface area (Å²) in [7, 11) is 1.37. The quantitative estimate of drug-likeness (QED) is 0.385. The summed E-state index contributed by atoms with van der Waals surface area (Å²) >= 11 is 0. The average molecular weight is 408 g/mol. The molecule has 0 spiro atoms. The third-order valence-electron chi connectivity index (χ3n) is 5.20. The maximum Gasteiger partial charge on any atom is 0.353 e. The molecule has 0 unspecified atom stereocenters. The maximum absolute atomic E-state index is 11.9. The summed E-state index contributed by atoms with van der Waals surface area (Å²) < 4.78 is 4.81. The number of esters is 1. The lowest BCUT2D eigenvalue weighted by Crippen LogP contribution is -2.37. The molecule has 2 aromatic heterocycles. The molecule has 0 saturated carbocycles. The maximum atomic E-state index is 11.9. The van der Waals surface area contributed by atoms with E-state index in [1.165, 1.54) is 13.4 Å². The molecule has 1 N–H and O–H groups in total. The summed E-state index contributed by atoms with van der Waals surface area (Å²) in [6, 6.07) is 9.30. The number of fused-ring (bicyclic) bond motifs is 1. The van der Waals surface area contributed by atoms with Crippen LogP contribution in [-0.4, -0.2) is 46.0 Å². The Kier molecular flexibility index (Phi) is 5.38. The van der Waals surface area contributed by atoms with Gasteiger partial charge < -0.3 is 15.0 Å². The zero-order chi connectivity index (χ0) is 21.1. The van der Waals surface area contributed by atoms with Crippen LogP contribution in [0.1, 0.15) is 12.8 Å². The Morgan fingerprint density at radius 2 is 1.97 bits per heavy atom. The molecule has 1 aromatic carbocycles. The molecule has 3 aromatic rings. The molecule has 1 saturated heterocycles. The van der Waals surface area contributed by atoms with Gasteiger partial charge in [-0.1, -0.05) is 18.2 Å². The standard InChI is InChI=1S/C20H20N6O4/c1-30-20(27)14-7-10-25(11-8-14)19-17(26(28)29)18(22-12-23-19)24-15-6-2-4-13-5-3-9-21-16(13)15/h2-6,9,12,14H,7-8,10-11H2,1H3,(H,22,23,24). The van der Waals surface area contributed by atoms with Crippen LogP contribution in [0.3, 0.4) is 0 Å². The number of rotatable bonds is 5. The Morgan fingerprint density at radius 1 is 1.20 bits per heavy atom. The molecule has 3 heterocycles. The van der Waals surface area contributed by atoms with E-state index in [0.717, 1.165) is 5.39 Å². The number of para-hydroxylation sites is 1. The van der Waals surface area contributed by atoms with Crippen LogP contribution >= 0.6 is 0 Å². The van der Waals surface area contributed by atoms with Gasteiger partial charge in [-0.15, -0.1) is 0 Å². The number of carbonyl (C=O) groups is 1. The van der Waals surface area contributed by atoms with Gasteiger partial charge in [-0.2, -0.15) is 0 Å². The molecule has 0 bridgehead atoms. The molecule has 0 aliphatic carbocycles. The summed E-state index contributed by atoms with van der Waals surface area (Å²) in [6.45, 7) is 0.930. The van der Waals surface area contributed by atoms with Gasteiger partial charge in [0.1, 0.15) is 6.33 Å².